The predicted octanol–water partition coefficient (Wildman–Crippen LogP) is 2.73. The summed E-state index contributed by atoms with van der Waals surface area (Å²) >= 11 is 0. The molecule has 1 saturated heterocycles. The fourth-order valence-corrected chi connectivity index (χ4v) is 2.94. The second-order valence-corrected chi connectivity index (χ2v) is 5.76. The molecule has 0 aliphatic carbocycles. The predicted molar refractivity (Wildman–Crippen MR) is 79.8 cm³/mol. The molecule has 1 aromatic heterocycles. The van der Waals surface area contributed by atoms with Crippen molar-refractivity contribution < 1.29 is 18.0 Å². The Hall–Kier alpha value is -2.15. The molecular formula is C16H16F3N3O. The van der Waals surface area contributed by atoms with Gasteiger partial charge in [0, 0.05) is 29.7 Å². The van der Waals surface area contributed by atoms with E-state index in [1.54, 1.807) is 30.5 Å². The summed E-state index contributed by atoms with van der Waals surface area (Å²) in [4.78, 5) is 17.6. The Kier molecular flexibility index (Phi) is 3.97. The maximum absolute atomic E-state index is 13.2. The van der Waals surface area contributed by atoms with Gasteiger partial charge in [-0.2, -0.15) is 13.2 Å². The summed E-state index contributed by atoms with van der Waals surface area (Å²) in [6.45, 7) is -0.0892. The van der Waals surface area contributed by atoms with Crippen molar-refractivity contribution in [1.29, 1.82) is 0 Å². The zero-order chi connectivity index (χ0) is 16.6. The van der Waals surface area contributed by atoms with Gasteiger partial charge in [-0.15, -0.1) is 0 Å². The SMILES string of the molecule is NC1CCC(C(F)(F)F)N(C(=O)c2ccc3ncccc3c2)C1. The molecule has 1 aliphatic heterocycles. The number of nitrogens with zero attached hydrogens (tertiary/aromatic N) is 2. The molecule has 4 nitrogen and oxygen atoms in total. The minimum absolute atomic E-state index is 0.0892. The molecule has 2 heterocycles. The first-order chi connectivity index (χ1) is 10.9. The van der Waals surface area contributed by atoms with Crippen LogP contribution in [0, 0.1) is 0 Å². The number of amides is 1. The Bertz CT molecular complexity index is 732. The summed E-state index contributed by atoms with van der Waals surface area (Å²) < 4.78 is 39.6. The van der Waals surface area contributed by atoms with Crippen LogP contribution in [0.15, 0.2) is 36.5 Å². The molecule has 122 valence electrons. The van der Waals surface area contributed by atoms with E-state index >= 15 is 0 Å². The van der Waals surface area contributed by atoms with Crippen LogP contribution in [0.3, 0.4) is 0 Å². The van der Waals surface area contributed by atoms with Gasteiger partial charge in [0.2, 0.25) is 0 Å². The van der Waals surface area contributed by atoms with E-state index in [-0.39, 0.29) is 24.9 Å². The molecule has 2 atom stereocenters. The monoisotopic (exact) mass is 323 g/mol. The molecule has 0 saturated carbocycles. The van der Waals surface area contributed by atoms with Crippen LogP contribution in [-0.2, 0) is 0 Å². The van der Waals surface area contributed by atoms with Gasteiger partial charge >= 0.3 is 6.18 Å². The smallest absolute Gasteiger partial charge is 0.326 e. The molecule has 2 N–H and O–H groups in total. The zero-order valence-corrected chi connectivity index (χ0v) is 12.3. The second kappa shape index (κ2) is 5.81. The van der Waals surface area contributed by atoms with E-state index in [1.165, 1.54) is 6.07 Å². The minimum atomic E-state index is -4.45. The number of carbonyl (C=O) groups excluding carboxylic acids is 1. The molecule has 1 aliphatic rings. The number of halogens is 3. The van der Waals surface area contributed by atoms with Gasteiger partial charge in [-0.05, 0) is 37.1 Å². The number of rotatable bonds is 1. The first kappa shape index (κ1) is 15.7. The number of carbonyl (C=O) groups is 1. The number of fused-ring (bicyclic) bond motifs is 1. The van der Waals surface area contributed by atoms with Gasteiger partial charge in [0.25, 0.3) is 5.91 Å². The Morgan fingerprint density at radius 2 is 2.04 bits per heavy atom. The Labute approximate surface area is 131 Å². The lowest BCUT2D eigenvalue weighted by molar-refractivity contribution is -0.184. The largest absolute Gasteiger partial charge is 0.408 e. The van der Waals surface area contributed by atoms with Gasteiger partial charge in [0.15, 0.2) is 0 Å². The van der Waals surface area contributed by atoms with Crippen LogP contribution < -0.4 is 5.73 Å². The van der Waals surface area contributed by atoms with Crippen LogP contribution >= 0.6 is 0 Å². The first-order valence-electron chi connectivity index (χ1n) is 7.34. The highest BCUT2D eigenvalue weighted by molar-refractivity contribution is 5.98. The molecule has 23 heavy (non-hydrogen) atoms. The fourth-order valence-electron chi connectivity index (χ4n) is 2.94. The van der Waals surface area contributed by atoms with Crippen LogP contribution in [0.1, 0.15) is 23.2 Å². The molecule has 2 unspecified atom stereocenters. The summed E-state index contributed by atoms with van der Waals surface area (Å²) in [7, 11) is 0. The van der Waals surface area contributed by atoms with E-state index in [2.05, 4.69) is 4.98 Å². The number of piperidine rings is 1. The van der Waals surface area contributed by atoms with Crippen LogP contribution in [0.2, 0.25) is 0 Å². The van der Waals surface area contributed by atoms with Gasteiger partial charge in [-0.25, -0.2) is 0 Å². The van der Waals surface area contributed by atoms with E-state index in [4.69, 9.17) is 5.73 Å². The van der Waals surface area contributed by atoms with E-state index in [9.17, 15) is 18.0 Å². The quantitative estimate of drug-likeness (QED) is 0.878. The number of likely N-dealkylation sites (tertiary alicyclic amines) is 1. The topological polar surface area (TPSA) is 59.2 Å². The van der Waals surface area contributed by atoms with Gasteiger partial charge < -0.3 is 10.6 Å². The number of nitrogens with two attached hydrogens (primary N) is 1. The normalized spacial score (nSPS) is 22.3. The van der Waals surface area contributed by atoms with E-state index in [1.807, 2.05) is 0 Å². The van der Waals surface area contributed by atoms with Gasteiger partial charge in [-0.1, -0.05) is 6.07 Å². The summed E-state index contributed by atoms with van der Waals surface area (Å²) in [5.74, 6) is -0.645. The van der Waals surface area contributed by atoms with Crippen LogP contribution in [0.4, 0.5) is 13.2 Å². The number of hydrogen-bond donors (Lipinski definition) is 1. The average Bonchev–Trinajstić information content (AvgIpc) is 2.52. The molecule has 1 amide bonds. The van der Waals surface area contributed by atoms with E-state index < -0.39 is 24.2 Å². The molecular weight excluding hydrogens is 307 g/mol. The molecule has 1 fully saturated rings. The van der Waals surface area contributed by atoms with Gasteiger partial charge in [0.1, 0.15) is 6.04 Å². The molecule has 7 heteroatoms. The number of alkyl halides is 3. The van der Waals surface area contributed by atoms with E-state index in [0.29, 0.717) is 10.9 Å². The van der Waals surface area contributed by atoms with Crippen LogP contribution in [0.5, 0.6) is 0 Å². The van der Waals surface area contributed by atoms with Crippen molar-refractivity contribution in [2.45, 2.75) is 31.1 Å². The lowest BCUT2D eigenvalue weighted by Gasteiger charge is -2.39. The average molecular weight is 323 g/mol. The third-order valence-electron chi connectivity index (χ3n) is 4.11. The fraction of sp³-hybridized carbons (Fsp3) is 0.375. The molecule has 0 spiro atoms. The summed E-state index contributed by atoms with van der Waals surface area (Å²) in [5.41, 5.74) is 6.67. The summed E-state index contributed by atoms with van der Waals surface area (Å²) in [5, 5.41) is 0.711. The summed E-state index contributed by atoms with van der Waals surface area (Å²) in [6.07, 6.45) is -2.73. The highest BCUT2D eigenvalue weighted by Crippen LogP contribution is 2.32. The number of pyridine rings is 1. The van der Waals surface area contributed by atoms with Gasteiger partial charge in [-0.3, -0.25) is 9.78 Å². The van der Waals surface area contributed by atoms with Crippen molar-refractivity contribution in [3.8, 4) is 0 Å². The summed E-state index contributed by atoms with van der Waals surface area (Å²) in [6, 6.07) is 5.98. The van der Waals surface area contributed by atoms with Crippen LogP contribution in [-0.4, -0.2) is 40.6 Å². The second-order valence-electron chi connectivity index (χ2n) is 5.76. The van der Waals surface area contributed by atoms with Gasteiger partial charge in [0.05, 0.1) is 5.52 Å². The minimum Gasteiger partial charge on any atom is -0.326 e. The number of hydrogen-bond acceptors (Lipinski definition) is 3. The lowest BCUT2D eigenvalue weighted by atomic mass is 9.97. The first-order valence-corrected chi connectivity index (χ1v) is 7.34. The molecule has 3 rings (SSSR count). The Balaban J connectivity index is 1.94. The van der Waals surface area contributed by atoms with Crippen molar-refractivity contribution in [3.63, 3.8) is 0 Å². The standard InChI is InChI=1S/C16H16F3N3O/c17-16(18,19)14-6-4-12(20)9-22(14)15(23)11-3-5-13-10(8-11)2-1-7-21-13/h1-3,5,7-8,12,14H,4,6,9,20H2. The third kappa shape index (κ3) is 3.14. The van der Waals surface area contributed by atoms with Crippen LogP contribution in [0.25, 0.3) is 10.9 Å². The van der Waals surface area contributed by atoms with Crippen molar-refractivity contribution in [2.24, 2.45) is 5.73 Å². The van der Waals surface area contributed by atoms with E-state index in [0.717, 1.165) is 4.90 Å². The third-order valence-corrected chi connectivity index (χ3v) is 4.11. The Morgan fingerprint density at radius 1 is 1.26 bits per heavy atom. The lowest BCUT2D eigenvalue weighted by Crippen LogP contribution is -2.56. The Morgan fingerprint density at radius 3 is 2.78 bits per heavy atom. The highest BCUT2D eigenvalue weighted by Gasteiger charge is 2.47. The molecule has 0 bridgehead atoms. The number of benzene rings is 1. The highest BCUT2D eigenvalue weighted by atomic mass is 19.4. The van der Waals surface area contributed by atoms with Crippen molar-refractivity contribution in [3.05, 3.63) is 42.1 Å². The molecule has 0 radical (unpaired) electrons. The maximum Gasteiger partial charge on any atom is 0.408 e. The molecule has 1 aromatic carbocycles. The number of aromatic nitrogens is 1. The maximum atomic E-state index is 13.2. The molecule has 2 aromatic rings. The zero-order valence-electron chi connectivity index (χ0n) is 12.3. The van der Waals surface area contributed by atoms with Crippen molar-refractivity contribution >= 4 is 16.8 Å². The van der Waals surface area contributed by atoms with Crippen molar-refractivity contribution in [2.75, 3.05) is 6.54 Å². The van der Waals surface area contributed by atoms with Crippen molar-refractivity contribution in [1.82, 2.24) is 9.88 Å².